The van der Waals surface area contributed by atoms with Crippen molar-refractivity contribution in [3.63, 3.8) is 0 Å². The Labute approximate surface area is 128 Å². The summed E-state index contributed by atoms with van der Waals surface area (Å²) < 4.78 is 13.9. The van der Waals surface area contributed by atoms with Crippen LogP contribution in [0.5, 0.6) is 0 Å². The van der Waals surface area contributed by atoms with E-state index in [4.69, 9.17) is 19.8 Å². The number of fused-ring (bicyclic) bond motifs is 1. The van der Waals surface area contributed by atoms with E-state index in [9.17, 15) is 0 Å². The fraction of sp³-hybridized carbons (Fsp3) is 0.455. The highest BCUT2D eigenvalue weighted by Gasteiger charge is 2.28. The predicted molar refractivity (Wildman–Crippen MR) is 80.5 cm³/mol. The number of nitrogens with zero attached hydrogens (tertiary/aromatic N) is 3. The number of aromatic nitrogens is 3. The molecule has 9 heteroatoms. The van der Waals surface area contributed by atoms with Crippen molar-refractivity contribution in [2.45, 2.75) is 25.2 Å². The Morgan fingerprint density at radius 2 is 2.35 bits per heavy atom. The number of halogens is 1. The number of nitrogen functional groups attached to an aromatic ring is 1. The van der Waals surface area contributed by atoms with Gasteiger partial charge in [-0.1, -0.05) is 0 Å². The highest BCUT2D eigenvalue weighted by Crippen LogP contribution is 2.35. The van der Waals surface area contributed by atoms with Crippen LogP contribution in [0.25, 0.3) is 11.0 Å². The van der Waals surface area contributed by atoms with Gasteiger partial charge in [0.15, 0.2) is 0 Å². The number of hydrogen-bond acceptors (Lipinski definition) is 7. The molecule has 2 aromatic heterocycles. The van der Waals surface area contributed by atoms with Gasteiger partial charge in [-0.05, 0) is 28.8 Å². The molecular formula is C11H14BrN5O2S. The van der Waals surface area contributed by atoms with Gasteiger partial charge >= 0.3 is 0 Å². The summed E-state index contributed by atoms with van der Waals surface area (Å²) in [6.45, 7) is 0.481. The second-order valence-electron chi connectivity index (χ2n) is 4.51. The van der Waals surface area contributed by atoms with Crippen molar-refractivity contribution >= 4 is 45.0 Å². The van der Waals surface area contributed by atoms with Crippen LogP contribution in [0.3, 0.4) is 0 Å². The summed E-state index contributed by atoms with van der Waals surface area (Å²) in [5.74, 6) is 0.457. The molecule has 3 heterocycles. The second-order valence-corrected chi connectivity index (χ2v) is 5.80. The first-order valence-electron chi connectivity index (χ1n) is 6.11. The van der Waals surface area contributed by atoms with Crippen LogP contribution in [0.15, 0.2) is 17.0 Å². The van der Waals surface area contributed by atoms with E-state index in [0.717, 1.165) is 40.6 Å². The van der Waals surface area contributed by atoms with Gasteiger partial charge < -0.3 is 15.0 Å². The third-order valence-electron chi connectivity index (χ3n) is 3.31. The molecule has 2 atom stereocenters. The van der Waals surface area contributed by atoms with E-state index in [2.05, 4.69) is 25.9 Å². The molecule has 2 unspecified atom stereocenters. The molecule has 108 valence electrons. The van der Waals surface area contributed by atoms with Crippen LogP contribution in [0.1, 0.15) is 19.1 Å². The van der Waals surface area contributed by atoms with Gasteiger partial charge in [0.05, 0.1) is 30.3 Å². The number of hydrogen-bond donors (Lipinski definition) is 2. The maximum Gasteiger partial charge on any atom is 0.148 e. The van der Waals surface area contributed by atoms with Gasteiger partial charge in [-0.3, -0.25) is 9.32 Å². The molecule has 1 aliphatic rings. The Hall–Kier alpha value is -0.870. The molecule has 7 nitrogen and oxygen atoms in total. The average Bonchev–Trinajstić information content (AvgIpc) is 3.02. The number of anilines is 1. The fourth-order valence-corrected chi connectivity index (χ4v) is 3.24. The van der Waals surface area contributed by atoms with E-state index in [1.165, 1.54) is 6.33 Å². The summed E-state index contributed by atoms with van der Waals surface area (Å²) in [6.07, 6.45) is 5.18. The summed E-state index contributed by atoms with van der Waals surface area (Å²) in [4.78, 5) is 8.31. The zero-order chi connectivity index (χ0) is 14.1. The molecule has 0 amide bonds. The van der Waals surface area contributed by atoms with Crippen LogP contribution >= 0.6 is 28.2 Å². The van der Waals surface area contributed by atoms with Gasteiger partial charge in [-0.15, -0.1) is 0 Å². The molecule has 3 rings (SSSR count). The molecule has 20 heavy (non-hydrogen) atoms. The Morgan fingerprint density at radius 1 is 1.50 bits per heavy atom. The van der Waals surface area contributed by atoms with Gasteiger partial charge in [-0.25, -0.2) is 9.97 Å². The minimum atomic E-state index is -0.0746. The molecule has 0 aliphatic carbocycles. The average molecular weight is 360 g/mol. The SMILES string of the molecule is NSOCC1CCC(n2cc(Br)c3c(N)ncnc32)O1. The lowest BCUT2D eigenvalue weighted by atomic mass is 10.2. The summed E-state index contributed by atoms with van der Waals surface area (Å²) in [7, 11) is 0. The normalized spacial score (nSPS) is 22.7. The minimum Gasteiger partial charge on any atom is -0.383 e. The van der Waals surface area contributed by atoms with Crippen molar-refractivity contribution in [1.82, 2.24) is 14.5 Å². The molecule has 0 bridgehead atoms. The van der Waals surface area contributed by atoms with Gasteiger partial charge in [0.2, 0.25) is 0 Å². The van der Waals surface area contributed by atoms with E-state index in [1.54, 1.807) is 0 Å². The van der Waals surface area contributed by atoms with Gasteiger partial charge in [0.25, 0.3) is 0 Å². The summed E-state index contributed by atoms with van der Waals surface area (Å²) in [5.41, 5.74) is 6.66. The molecule has 1 saturated heterocycles. The van der Waals surface area contributed by atoms with Crippen molar-refractivity contribution in [3.05, 3.63) is 17.0 Å². The van der Waals surface area contributed by atoms with Crippen molar-refractivity contribution in [3.8, 4) is 0 Å². The molecule has 0 radical (unpaired) electrons. The van der Waals surface area contributed by atoms with Crippen molar-refractivity contribution in [2.24, 2.45) is 5.14 Å². The lowest BCUT2D eigenvalue weighted by molar-refractivity contribution is -0.0126. The molecule has 4 N–H and O–H groups in total. The third-order valence-corrected chi connectivity index (χ3v) is 4.18. The number of ether oxygens (including phenoxy) is 1. The van der Waals surface area contributed by atoms with E-state index >= 15 is 0 Å². The van der Waals surface area contributed by atoms with Gasteiger partial charge in [0.1, 0.15) is 24.0 Å². The molecule has 1 fully saturated rings. The van der Waals surface area contributed by atoms with Crippen molar-refractivity contribution < 1.29 is 8.92 Å². The first-order chi connectivity index (χ1) is 9.70. The Kier molecular flexibility index (Phi) is 4.13. The van der Waals surface area contributed by atoms with E-state index in [1.807, 2.05) is 10.8 Å². The largest absolute Gasteiger partial charge is 0.383 e. The standard InChI is InChI=1S/C11H14BrN5O2S/c12-7-3-17(11-9(7)10(13)15-5-16-11)8-2-1-6(19-8)4-18-20-14/h3,5-6,8H,1-2,4,14H2,(H2,13,15,16). The van der Waals surface area contributed by atoms with E-state index < -0.39 is 0 Å². The highest BCUT2D eigenvalue weighted by atomic mass is 79.9. The molecule has 0 saturated carbocycles. The maximum absolute atomic E-state index is 5.96. The van der Waals surface area contributed by atoms with Crippen molar-refractivity contribution in [2.75, 3.05) is 12.3 Å². The van der Waals surface area contributed by atoms with Crippen LogP contribution < -0.4 is 10.9 Å². The summed E-state index contributed by atoms with van der Waals surface area (Å²) >= 11 is 4.35. The Bertz CT molecular complexity index is 622. The topological polar surface area (TPSA) is 101 Å². The summed E-state index contributed by atoms with van der Waals surface area (Å²) in [5, 5.41) is 6.06. The fourth-order valence-electron chi connectivity index (χ4n) is 2.41. The summed E-state index contributed by atoms with van der Waals surface area (Å²) in [6, 6.07) is 0. The van der Waals surface area contributed by atoms with Crippen molar-refractivity contribution in [1.29, 1.82) is 0 Å². The van der Waals surface area contributed by atoms with Gasteiger partial charge in [-0.2, -0.15) is 0 Å². The van der Waals surface area contributed by atoms with Crippen LogP contribution in [0.4, 0.5) is 5.82 Å². The van der Waals surface area contributed by atoms with Crippen LogP contribution in [-0.2, 0) is 8.92 Å². The first-order valence-corrected chi connectivity index (χ1v) is 7.70. The zero-order valence-corrected chi connectivity index (χ0v) is 12.9. The molecular weight excluding hydrogens is 346 g/mol. The maximum atomic E-state index is 5.96. The van der Waals surface area contributed by atoms with Gasteiger partial charge in [0, 0.05) is 10.7 Å². The number of nitrogens with two attached hydrogens (primary N) is 2. The molecule has 0 aromatic carbocycles. The second kappa shape index (κ2) is 5.86. The lowest BCUT2D eigenvalue weighted by Gasteiger charge is -2.15. The van der Waals surface area contributed by atoms with Crippen LogP contribution in [0, 0.1) is 0 Å². The highest BCUT2D eigenvalue weighted by molar-refractivity contribution is 9.10. The van der Waals surface area contributed by atoms with Crippen LogP contribution in [-0.4, -0.2) is 27.2 Å². The lowest BCUT2D eigenvalue weighted by Crippen LogP contribution is -2.15. The van der Waals surface area contributed by atoms with Crippen LogP contribution in [0.2, 0.25) is 0 Å². The smallest absolute Gasteiger partial charge is 0.148 e. The molecule has 2 aromatic rings. The quantitative estimate of drug-likeness (QED) is 0.635. The predicted octanol–water partition coefficient (Wildman–Crippen LogP) is 1.99. The van der Waals surface area contributed by atoms with E-state index in [0.29, 0.717) is 12.4 Å². The molecule has 0 spiro atoms. The Morgan fingerprint density at radius 3 is 3.15 bits per heavy atom. The first kappa shape index (κ1) is 14.1. The monoisotopic (exact) mass is 359 g/mol. The number of rotatable bonds is 4. The molecule has 1 aliphatic heterocycles. The zero-order valence-electron chi connectivity index (χ0n) is 10.5. The third kappa shape index (κ3) is 2.51. The minimum absolute atomic E-state index is 0.0476. The van der Waals surface area contributed by atoms with E-state index in [-0.39, 0.29) is 12.3 Å². The Balaban J connectivity index is 1.87.